The minimum absolute atomic E-state index is 0.0494. The van der Waals surface area contributed by atoms with Gasteiger partial charge in [0.15, 0.2) is 11.5 Å². The number of amides is 2. The molecule has 10 heteroatoms. The number of aromatic amines is 1. The van der Waals surface area contributed by atoms with Crippen LogP contribution in [0.1, 0.15) is 16.8 Å². The van der Waals surface area contributed by atoms with E-state index >= 15 is 0 Å². The highest BCUT2D eigenvalue weighted by Crippen LogP contribution is 2.29. The Morgan fingerprint density at radius 3 is 2.93 bits per heavy atom. The van der Waals surface area contributed by atoms with Crippen molar-refractivity contribution in [2.45, 2.75) is 26.0 Å². The minimum Gasteiger partial charge on any atom is -0.493 e. The molecule has 2 heterocycles. The molecule has 1 aromatic heterocycles. The zero-order chi connectivity index (χ0) is 20.1. The zero-order valence-electron chi connectivity index (χ0n) is 15.2. The molecule has 0 fully saturated rings. The van der Waals surface area contributed by atoms with Gasteiger partial charge in [-0.1, -0.05) is 6.07 Å². The molecular weight excluding hydrogens is 374 g/mol. The van der Waals surface area contributed by atoms with Gasteiger partial charge in [0.05, 0.1) is 12.8 Å². The first-order valence-electron chi connectivity index (χ1n) is 8.68. The second-order valence-electron chi connectivity index (χ2n) is 6.22. The zero-order valence-corrected chi connectivity index (χ0v) is 15.2. The molecule has 3 rings (SSSR count). The van der Waals surface area contributed by atoms with Crippen molar-refractivity contribution in [1.82, 2.24) is 20.4 Å². The second kappa shape index (κ2) is 8.68. The number of fused-ring (bicyclic) bond motifs is 1. The molecule has 0 radical (unpaired) electrons. The van der Waals surface area contributed by atoms with Crippen LogP contribution in [0.4, 0.5) is 13.6 Å². The number of urea groups is 1. The highest BCUT2D eigenvalue weighted by molar-refractivity contribution is 5.74. The maximum Gasteiger partial charge on any atom is 0.387 e. The number of aromatic nitrogens is 2. The van der Waals surface area contributed by atoms with Crippen molar-refractivity contribution in [3.05, 3.63) is 51.4 Å². The molecule has 2 N–H and O–H groups in total. The molecule has 0 aliphatic carbocycles. The van der Waals surface area contributed by atoms with Crippen LogP contribution in [0.25, 0.3) is 0 Å². The van der Waals surface area contributed by atoms with Crippen LogP contribution in [0.3, 0.4) is 0 Å². The Kier molecular flexibility index (Phi) is 6.07. The summed E-state index contributed by atoms with van der Waals surface area (Å²) < 4.78 is 34.4. The van der Waals surface area contributed by atoms with Gasteiger partial charge in [0, 0.05) is 37.7 Å². The first-order valence-corrected chi connectivity index (χ1v) is 8.68. The van der Waals surface area contributed by atoms with Crippen LogP contribution >= 0.6 is 0 Å². The van der Waals surface area contributed by atoms with E-state index in [4.69, 9.17) is 4.74 Å². The molecule has 2 amide bonds. The Labute approximate surface area is 159 Å². The molecule has 0 saturated heterocycles. The topological polar surface area (TPSA) is 96.5 Å². The summed E-state index contributed by atoms with van der Waals surface area (Å²) in [7, 11) is 1.37. The molecule has 28 heavy (non-hydrogen) atoms. The molecule has 1 aliphatic heterocycles. The third-order valence-electron chi connectivity index (χ3n) is 4.38. The van der Waals surface area contributed by atoms with Gasteiger partial charge in [0.1, 0.15) is 0 Å². The van der Waals surface area contributed by atoms with Crippen LogP contribution in [0.5, 0.6) is 11.5 Å². The molecule has 2 aromatic rings. The summed E-state index contributed by atoms with van der Waals surface area (Å²) in [5.41, 5.74) is 1.93. The van der Waals surface area contributed by atoms with Gasteiger partial charge in [0.2, 0.25) is 0 Å². The molecular formula is C18H20F2N4O4. The fraction of sp³-hybridized carbons (Fsp3) is 0.389. The van der Waals surface area contributed by atoms with E-state index in [1.807, 2.05) is 0 Å². The standard InChI is InChI=1S/C18H20F2N4O4/c1-27-14-3-2-11(8-15(14)28-17(19)20)4-6-21-18(26)24-7-5-13-12(10-24)9-16(25)23-22-13/h2-3,8-9,17H,4-7,10H2,1H3,(H,21,26)(H,23,25). The fourth-order valence-corrected chi connectivity index (χ4v) is 3.01. The Bertz CT molecular complexity index is 903. The van der Waals surface area contributed by atoms with E-state index in [-0.39, 0.29) is 23.1 Å². The van der Waals surface area contributed by atoms with Crippen molar-refractivity contribution in [3.63, 3.8) is 0 Å². The number of halogens is 2. The lowest BCUT2D eigenvalue weighted by Crippen LogP contribution is -2.44. The lowest BCUT2D eigenvalue weighted by atomic mass is 10.1. The molecule has 150 valence electrons. The summed E-state index contributed by atoms with van der Waals surface area (Å²) in [6, 6.07) is 5.92. The number of nitrogens with one attached hydrogen (secondary N) is 2. The number of benzene rings is 1. The first kappa shape index (κ1) is 19.6. The van der Waals surface area contributed by atoms with Gasteiger partial charge in [-0.2, -0.15) is 13.9 Å². The molecule has 0 bridgehead atoms. The number of H-pyrrole nitrogens is 1. The number of hydrogen-bond donors (Lipinski definition) is 2. The minimum atomic E-state index is -2.95. The van der Waals surface area contributed by atoms with E-state index in [1.54, 1.807) is 17.0 Å². The summed E-state index contributed by atoms with van der Waals surface area (Å²) in [6.45, 7) is -1.83. The first-order chi connectivity index (χ1) is 13.5. The van der Waals surface area contributed by atoms with Gasteiger partial charge >= 0.3 is 12.6 Å². The highest BCUT2D eigenvalue weighted by Gasteiger charge is 2.21. The largest absolute Gasteiger partial charge is 0.493 e. The summed E-state index contributed by atoms with van der Waals surface area (Å²) in [6.07, 6.45) is 0.993. The van der Waals surface area contributed by atoms with E-state index in [0.717, 1.165) is 16.8 Å². The molecule has 1 aromatic carbocycles. The van der Waals surface area contributed by atoms with Crippen LogP contribution < -0.4 is 20.3 Å². The maximum absolute atomic E-state index is 12.5. The number of methoxy groups -OCH3 is 1. The van der Waals surface area contributed by atoms with Gasteiger partial charge in [-0.25, -0.2) is 9.89 Å². The second-order valence-corrected chi connectivity index (χ2v) is 6.22. The van der Waals surface area contributed by atoms with Crippen molar-refractivity contribution < 1.29 is 23.0 Å². The van der Waals surface area contributed by atoms with Crippen molar-refractivity contribution in [1.29, 1.82) is 0 Å². The van der Waals surface area contributed by atoms with Crippen molar-refractivity contribution in [2.24, 2.45) is 0 Å². The average molecular weight is 394 g/mol. The van der Waals surface area contributed by atoms with E-state index in [0.29, 0.717) is 32.5 Å². The van der Waals surface area contributed by atoms with Gasteiger partial charge in [-0.15, -0.1) is 0 Å². The summed E-state index contributed by atoms with van der Waals surface area (Å²) in [5, 5.41) is 9.17. The highest BCUT2D eigenvalue weighted by atomic mass is 19.3. The Balaban J connectivity index is 1.55. The Morgan fingerprint density at radius 2 is 2.18 bits per heavy atom. The van der Waals surface area contributed by atoms with Crippen LogP contribution in [0.15, 0.2) is 29.1 Å². The van der Waals surface area contributed by atoms with Crippen LogP contribution in [-0.4, -0.2) is 47.9 Å². The van der Waals surface area contributed by atoms with E-state index in [1.165, 1.54) is 19.2 Å². The van der Waals surface area contributed by atoms with E-state index < -0.39 is 6.61 Å². The number of carbonyl (C=O) groups excluding carboxylic acids is 1. The lowest BCUT2D eigenvalue weighted by molar-refractivity contribution is -0.0512. The number of alkyl halides is 2. The van der Waals surface area contributed by atoms with Crippen molar-refractivity contribution in [3.8, 4) is 11.5 Å². The summed E-state index contributed by atoms with van der Waals surface area (Å²) in [4.78, 5) is 25.3. The van der Waals surface area contributed by atoms with Crippen molar-refractivity contribution >= 4 is 6.03 Å². The van der Waals surface area contributed by atoms with Crippen LogP contribution in [0.2, 0.25) is 0 Å². The summed E-state index contributed by atoms with van der Waals surface area (Å²) >= 11 is 0. The number of nitrogens with zero attached hydrogens (tertiary/aromatic N) is 2. The molecule has 1 aliphatic rings. The average Bonchev–Trinajstić information content (AvgIpc) is 2.67. The Hall–Kier alpha value is -3.17. The predicted octanol–water partition coefficient (Wildman–Crippen LogP) is 1.69. The molecule has 0 spiro atoms. The predicted molar refractivity (Wildman–Crippen MR) is 95.7 cm³/mol. The van der Waals surface area contributed by atoms with Gasteiger partial charge in [-0.05, 0) is 24.1 Å². The van der Waals surface area contributed by atoms with E-state index in [2.05, 4.69) is 20.3 Å². The number of carbonyl (C=O) groups is 1. The smallest absolute Gasteiger partial charge is 0.387 e. The van der Waals surface area contributed by atoms with Crippen LogP contribution in [0, 0.1) is 0 Å². The number of ether oxygens (including phenoxy) is 2. The SMILES string of the molecule is COc1ccc(CCNC(=O)N2CCc3n[nH]c(=O)cc3C2)cc1OC(F)F. The molecule has 0 unspecified atom stereocenters. The van der Waals surface area contributed by atoms with Gasteiger partial charge < -0.3 is 19.7 Å². The quantitative estimate of drug-likeness (QED) is 0.777. The molecule has 8 nitrogen and oxygen atoms in total. The number of rotatable bonds is 6. The monoisotopic (exact) mass is 394 g/mol. The van der Waals surface area contributed by atoms with Gasteiger partial charge in [0.25, 0.3) is 5.56 Å². The molecule has 0 atom stereocenters. The third kappa shape index (κ3) is 4.76. The van der Waals surface area contributed by atoms with Crippen molar-refractivity contribution in [2.75, 3.05) is 20.2 Å². The fourth-order valence-electron chi connectivity index (χ4n) is 3.01. The van der Waals surface area contributed by atoms with Crippen LogP contribution in [-0.2, 0) is 19.4 Å². The summed E-state index contributed by atoms with van der Waals surface area (Å²) in [5.74, 6) is 0.162. The normalized spacial score (nSPS) is 13.2. The van der Waals surface area contributed by atoms with Gasteiger partial charge in [-0.3, -0.25) is 4.79 Å². The third-order valence-corrected chi connectivity index (χ3v) is 4.38. The maximum atomic E-state index is 12.5. The number of hydrogen-bond acceptors (Lipinski definition) is 5. The Morgan fingerprint density at radius 1 is 1.36 bits per heavy atom. The molecule has 0 saturated carbocycles. The lowest BCUT2D eigenvalue weighted by Gasteiger charge is -2.27. The van der Waals surface area contributed by atoms with E-state index in [9.17, 15) is 18.4 Å².